The molecule has 2 heterocycles. The first kappa shape index (κ1) is 14.6. The quantitative estimate of drug-likeness (QED) is 0.807. The van der Waals surface area contributed by atoms with Crippen LogP contribution in [0.25, 0.3) is 0 Å². The highest BCUT2D eigenvalue weighted by molar-refractivity contribution is 5.89. The molecule has 0 saturated carbocycles. The molecule has 1 amide bonds. The van der Waals surface area contributed by atoms with Gasteiger partial charge in [0, 0.05) is 12.6 Å². The number of carboxylic acids is 1. The summed E-state index contributed by atoms with van der Waals surface area (Å²) in [7, 11) is 0. The number of nitrogens with zero attached hydrogens (tertiary/aromatic N) is 4. The Labute approximate surface area is 120 Å². The average molecular weight is 289 g/mol. The molecule has 2 aromatic heterocycles. The molecule has 0 radical (unpaired) electrons. The highest BCUT2D eigenvalue weighted by Crippen LogP contribution is 2.07. The van der Waals surface area contributed by atoms with Crippen LogP contribution in [0.5, 0.6) is 0 Å². The Balaban J connectivity index is 1.96. The summed E-state index contributed by atoms with van der Waals surface area (Å²) in [6.45, 7) is 1.76. The average Bonchev–Trinajstić information content (AvgIpc) is 2.78. The van der Waals surface area contributed by atoms with Crippen molar-refractivity contribution in [3.63, 3.8) is 0 Å². The monoisotopic (exact) mass is 289 g/mol. The summed E-state index contributed by atoms with van der Waals surface area (Å²) in [5.74, 6) is -0.699. The van der Waals surface area contributed by atoms with Gasteiger partial charge >= 0.3 is 5.97 Å². The molecular weight excluding hydrogens is 274 g/mol. The van der Waals surface area contributed by atoms with Gasteiger partial charge in [0.25, 0.3) is 0 Å². The Kier molecular flexibility index (Phi) is 4.60. The van der Waals surface area contributed by atoms with E-state index in [-0.39, 0.29) is 18.9 Å². The van der Waals surface area contributed by atoms with E-state index in [1.807, 2.05) is 0 Å². The van der Waals surface area contributed by atoms with Gasteiger partial charge in [-0.1, -0.05) is 11.3 Å². The van der Waals surface area contributed by atoms with Crippen LogP contribution < -0.4 is 5.32 Å². The van der Waals surface area contributed by atoms with Crippen LogP contribution in [0.1, 0.15) is 17.8 Å². The lowest BCUT2D eigenvalue weighted by Gasteiger charge is -2.05. The second kappa shape index (κ2) is 6.60. The number of aliphatic carboxylic acids is 1. The van der Waals surface area contributed by atoms with Crippen molar-refractivity contribution in [3.8, 4) is 0 Å². The molecule has 0 aliphatic heterocycles. The molecule has 0 aromatic carbocycles. The third kappa shape index (κ3) is 4.10. The third-order valence-electron chi connectivity index (χ3n) is 2.88. The lowest BCUT2D eigenvalue weighted by molar-refractivity contribution is -0.137. The van der Waals surface area contributed by atoms with Crippen LogP contribution in [0.3, 0.4) is 0 Å². The molecule has 2 N–H and O–H groups in total. The van der Waals surface area contributed by atoms with Gasteiger partial charge in [0.15, 0.2) is 0 Å². The van der Waals surface area contributed by atoms with Gasteiger partial charge in [-0.3, -0.25) is 9.59 Å². The third-order valence-corrected chi connectivity index (χ3v) is 2.88. The first-order chi connectivity index (χ1) is 10.1. The maximum Gasteiger partial charge on any atom is 0.303 e. The fourth-order valence-corrected chi connectivity index (χ4v) is 1.76. The normalized spacial score (nSPS) is 10.3. The molecule has 0 saturated heterocycles. The molecule has 8 nitrogen and oxygen atoms in total. The number of carbonyl (C=O) groups is 2. The van der Waals surface area contributed by atoms with Crippen LogP contribution in [-0.4, -0.2) is 37.0 Å². The molecule has 0 unspecified atom stereocenters. The molecule has 0 atom stereocenters. The second-order valence-electron chi connectivity index (χ2n) is 4.44. The minimum absolute atomic E-state index is 0.00246. The standard InChI is InChI=1S/C13H15N5O3/c1-9-10(5-6-13(20)21)16-17-18(9)8-12(19)15-11-4-2-3-7-14-11/h2-4,7H,5-6,8H2,1H3,(H,20,21)(H,14,15,19). The van der Waals surface area contributed by atoms with Gasteiger partial charge in [0.05, 0.1) is 17.8 Å². The van der Waals surface area contributed by atoms with Crippen LogP contribution in [0.4, 0.5) is 5.82 Å². The lowest BCUT2D eigenvalue weighted by Crippen LogP contribution is -2.20. The van der Waals surface area contributed by atoms with Gasteiger partial charge in [0.1, 0.15) is 12.4 Å². The molecule has 0 aliphatic rings. The van der Waals surface area contributed by atoms with Gasteiger partial charge in [-0.15, -0.1) is 5.10 Å². The Morgan fingerprint density at radius 3 is 2.86 bits per heavy atom. The fourth-order valence-electron chi connectivity index (χ4n) is 1.76. The number of amides is 1. The zero-order chi connectivity index (χ0) is 15.2. The maximum absolute atomic E-state index is 11.9. The van der Waals surface area contributed by atoms with Crippen LogP contribution in [0.2, 0.25) is 0 Å². The molecule has 0 spiro atoms. The summed E-state index contributed by atoms with van der Waals surface area (Å²) in [6, 6.07) is 5.21. The first-order valence-corrected chi connectivity index (χ1v) is 6.38. The minimum Gasteiger partial charge on any atom is -0.481 e. The predicted octanol–water partition coefficient (Wildman–Crippen LogP) is 0.637. The van der Waals surface area contributed by atoms with Crippen molar-refractivity contribution < 1.29 is 14.7 Å². The van der Waals surface area contributed by atoms with Crippen LogP contribution >= 0.6 is 0 Å². The van der Waals surface area contributed by atoms with E-state index >= 15 is 0 Å². The van der Waals surface area contributed by atoms with E-state index in [9.17, 15) is 9.59 Å². The van der Waals surface area contributed by atoms with E-state index in [2.05, 4.69) is 20.6 Å². The molecule has 0 aliphatic carbocycles. The van der Waals surface area contributed by atoms with E-state index < -0.39 is 5.97 Å². The van der Waals surface area contributed by atoms with E-state index in [4.69, 9.17) is 5.11 Å². The van der Waals surface area contributed by atoms with Crippen LogP contribution in [-0.2, 0) is 22.6 Å². The highest BCUT2D eigenvalue weighted by atomic mass is 16.4. The number of anilines is 1. The van der Waals surface area contributed by atoms with Gasteiger partial charge in [-0.2, -0.15) is 0 Å². The van der Waals surface area contributed by atoms with E-state index in [0.717, 1.165) is 0 Å². The number of pyridine rings is 1. The Bertz CT molecular complexity index is 639. The number of aromatic nitrogens is 4. The number of rotatable bonds is 6. The van der Waals surface area contributed by atoms with Crippen molar-refractivity contribution in [2.24, 2.45) is 0 Å². The molecule has 21 heavy (non-hydrogen) atoms. The molecule has 0 fully saturated rings. The molecule has 8 heteroatoms. The topological polar surface area (TPSA) is 110 Å². The van der Waals surface area contributed by atoms with Crippen molar-refractivity contribution >= 4 is 17.7 Å². The number of carboxylic acid groups (broad SMARTS) is 1. The summed E-state index contributed by atoms with van der Waals surface area (Å²) >= 11 is 0. The predicted molar refractivity (Wildman–Crippen MR) is 73.6 cm³/mol. The Morgan fingerprint density at radius 1 is 1.38 bits per heavy atom. The maximum atomic E-state index is 11.9. The zero-order valence-corrected chi connectivity index (χ0v) is 11.5. The van der Waals surface area contributed by atoms with E-state index in [1.54, 1.807) is 31.3 Å². The SMILES string of the molecule is Cc1c(CCC(=O)O)nnn1CC(=O)Nc1ccccn1. The number of hydrogen-bond donors (Lipinski definition) is 2. The van der Waals surface area contributed by atoms with Crippen LogP contribution in [0.15, 0.2) is 24.4 Å². The minimum atomic E-state index is -0.892. The molecular formula is C13H15N5O3. The van der Waals surface area contributed by atoms with Gasteiger partial charge in [0.2, 0.25) is 5.91 Å². The van der Waals surface area contributed by atoms with Crippen molar-refractivity contribution in [2.75, 3.05) is 5.32 Å². The Morgan fingerprint density at radius 2 is 2.19 bits per heavy atom. The van der Waals surface area contributed by atoms with Crippen molar-refractivity contribution in [2.45, 2.75) is 26.3 Å². The van der Waals surface area contributed by atoms with E-state index in [1.165, 1.54) is 4.68 Å². The number of aryl methyl sites for hydroxylation is 1. The summed E-state index contributed by atoms with van der Waals surface area (Å²) in [6.07, 6.45) is 1.86. The molecule has 2 rings (SSSR count). The van der Waals surface area contributed by atoms with Crippen molar-refractivity contribution in [1.29, 1.82) is 0 Å². The summed E-state index contributed by atoms with van der Waals surface area (Å²) < 4.78 is 1.44. The van der Waals surface area contributed by atoms with Gasteiger partial charge in [-0.25, -0.2) is 9.67 Å². The van der Waals surface area contributed by atoms with Crippen LogP contribution in [0, 0.1) is 6.92 Å². The highest BCUT2D eigenvalue weighted by Gasteiger charge is 2.13. The molecule has 0 bridgehead atoms. The number of carbonyl (C=O) groups excluding carboxylic acids is 1. The second-order valence-corrected chi connectivity index (χ2v) is 4.44. The molecule has 2 aromatic rings. The van der Waals surface area contributed by atoms with Crippen molar-refractivity contribution in [1.82, 2.24) is 20.0 Å². The lowest BCUT2D eigenvalue weighted by atomic mass is 10.2. The summed E-state index contributed by atoms with van der Waals surface area (Å²) in [5, 5.41) is 19.1. The van der Waals surface area contributed by atoms with E-state index in [0.29, 0.717) is 23.6 Å². The summed E-state index contributed by atoms with van der Waals surface area (Å²) in [4.78, 5) is 26.4. The summed E-state index contributed by atoms with van der Waals surface area (Å²) in [5.41, 5.74) is 1.27. The van der Waals surface area contributed by atoms with Gasteiger partial charge in [-0.05, 0) is 19.1 Å². The molecule has 110 valence electrons. The fraction of sp³-hybridized carbons (Fsp3) is 0.308. The number of nitrogens with one attached hydrogen (secondary N) is 1. The van der Waals surface area contributed by atoms with Crippen molar-refractivity contribution in [3.05, 3.63) is 35.8 Å². The first-order valence-electron chi connectivity index (χ1n) is 6.38. The largest absolute Gasteiger partial charge is 0.481 e. The van der Waals surface area contributed by atoms with Gasteiger partial charge < -0.3 is 10.4 Å². The zero-order valence-electron chi connectivity index (χ0n) is 11.5. The number of hydrogen-bond acceptors (Lipinski definition) is 5. The Hall–Kier alpha value is -2.77. The smallest absolute Gasteiger partial charge is 0.303 e.